The third-order valence-corrected chi connectivity index (χ3v) is 13.6. The Bertz CT molecular complexity index is 2140. The van der Waals surface area contributed by atoms with Gasteiger partial charge in [0.15, 0.2) is 13.1 Å². The van der Waals surface area contributed by atoms with Gasteiger partial charge in [0.2, 0.25) is 11.0 Å². The fraction of sp³-hybridized carbons (Fsp3) is 0.150. The monoisotopic (exact) mass is 856 g/mol. The Kier molecular flexibility index (Phi) is 11.0. The lowest BCUT2D eigenvalue weighted by molar-refractivity contribution is -0.699. The molecule has 0 unspecified atom stereocenters. The number of anilines is 2. The van der Waals surface area contributed by atoms with Crippen LogP contribution < -0.4 is 52.9 Å². The first-order valence-electron chi connectivity index (χ1n) is 16.5. The predicted octanol–water partition coefficient (Wildman–Crippen LogP) is 4.13. The maximum Gasteiger partial charge on any atom is 0.262 e. The Morgan fingerprint density at radius 3 is 1.44 bits per heavy atom. The molecule has 0 aliphatic carbocycles. The normalized spacial score (nSPS) is 19.2. The zero-order chi connectivity index (χ0) is 31.9. The Balaban J connectivity index is 0.00000196. The van der Waals surface area contributed by atoms with Crippen LogP contribution in [0.15, 0.2) is 141 Å². The second-order valence-corrected chi connectivity index (χ2v) is 16.2. The van der Waals surface area contributed by atoms with Crippen molar-refractivity contribution in [3.63, 3.8) is 0 Å². The van der Waals surface area contributed by atoms with E-state index in [1.807, 2.05) is 46.2 Å². The van der Waals surface area contributed by atoms with Crippen molar-refractivity contribution in [2.75, 3.05) is 22.9 Å². The molecule has 3 aliphatic heterocycles. The standard InChI is InChI=1S/C40H34N4S4.2BrH/c1-5-17-33-29(13-1)41-25-11-26-42-30-14-2-6-18-34(30)47-39(42)23-10-24-40-44(32-16-4-8-20-36(32)48-40)28-12-27-43-31-15-3-7-19-35(31)46-38(43)22-9-21-37(41)45-33;;/h1-10,13-24H,11-12,25-28H2;2*1H/q+2;;/p-2. The Hall–Kier alpha value is -3.12. The van der Waals surface area contributed by atoms with E-state index in [0.29, 0.717) is 0 Å². The van der Waals surface area contributed by atoms with Crippen molar-refractivity contribution >= 4 is 90.2 Å². The number of benzene rings is 4. The molecule has 10 heteroatoms. The highest BCUT2D eigenvalue weighted by molar-refractivity contribution is 8.04. The van der Waals surface area contributed by atoms with Gasteiger partial charge in [0.1, 0.15) is 9.40 Å². The van der Waals surface area contributed by atoms with Crippen molar-refractivity contribution in [2.24, 2.45) is 0 Å². The summed E-state index contributed by atoms with van der Waals surface area (Å²) in [5.41, 5.74) is 5.25. The number of aryl methyl sites for hydroxylation is 2. The van der Waals surface area contributed by atoms with E-state index in [-0.39, 0.29) is 34.0 Å². The molecule has 50 heavy (non-hydrogen) atoms. The van der Waals surface area contributed by atoms with E-state index in [1.165, 1.54) is 61.7 Å². The largest absolute Gasteiger partial charge is 1.00 e. The van der Waals surface area contributed by atoms with Gasteiger partial charge in [0.25, 0.3) is 10.0 Å². The zero-order valence-electron chi connectivity index (χ0n) is 27.1. The first-order valence-corrected chi connectivity index (χ1v) is 19.8. The number of thioether (sulfide) groups is 2. The van der Waals surface area contributed by atoms with Gasteiger partial charge >= 0.3 is 0 Å². The smallest absolute Gasteiger partial charge is 0.262 e. The number of aromatic nitrogens is 2. The topological polar surface area (TPSA) is 14.2 Å². The van der Waals surface area contributed by atoms with Gasteiger partial charge in [-0.2, -0.15) is 9.13 Å². The van der Waals surface area contributed by atoms with E-state index in [0.717, 1.165) is 39.0 Å². The van der Waals surface area contributed by atoms with E-state index in [2.05, 4.69) is 152 Å². The minimum atomic E-state index is 0. The highest BCUT2D eigenvalue weighted by Gasteiger charge is 2.28. The number of fused-ring (bicyclic) bond motifs is 12. The van der Waals surface area contributed by atoms with Crippen LogP contribution >= 0.6 is 46.2 Å². The summed E-state index contributed by atoms with van der Waals surface area (Å²) in [6.45, 7) is 3.84. The number of hydrogen-bond donors (Lipinski definition) is 0. The number of rotatable bonds is 0. The molecule has 5 heterocycles. The molecule has 0 spiro atoms. The van der Waals surface area contributed by atoms with Crippen LogP contribution in [0, 0.1) is 0 Å². The Morgan fingerprint density at radius 1 is 0.500 bits per heavy atom. The minimum absolute atomic E-state index is 0. The van der Waals surface area contributed by atoms with Crippen LogP contribution in [0.3, 0.4) is 0 Å². The molecule has 0 N–H and O–H groups in total. The number of nitrogens with zero attached hydrogens (tertiary/aromatic N) is 4. The fourth-order valence-electron chi connectivity index (χ4n) is 6.83. The lowest BCUT2D eigenvalue weighted by atomic mass is 10.2. The highest BCUT2D eigenvalue weighted by atomic mass is 79.9. The molecule has 2 aromatic heterocycles. The molecular formula is C40H34Br2N4S4. The second-order valence-electron chi connectivity index (χ2n) is 12.0. The second kappa shape index (κ2) is 15.6. The summed E-state index contributed by atoms with van der Waals surface area (Å²) in [7, 11) is 0. The van der Waals surface area contributed by atoms with Gasteiger partial charge in [-0.3, -0.25) is 0 Å². The van der Waals surface area contributed by atoms with Gasteiger partial charge in [-0.05, 0) is 55.0 Å². The molecule has 0 bridgehead atoms. The van der Waals surface area contributed by atoms with Crippen LogP contribution in [-0.2, 0) is 13.1 Å². The lowest BCUT2D eigenvalue weighted by Gasteiger charge is -2.24. The minimum Gasteiger partial charge on any atom is -1.00 e. The molecule has 6 aromatic rings. The number of allylic oxidation sites excluding steroid dienone is 4. The molecule has 0 atom stereocenters. The maximum atomic E-state index is 2.51. The highest BCUT2D eigenvalue weighted by Crippen LogP contribution is 2.47. The van der Waals surface area contributed by atoms with Gasteiger partial charge < -0.3 is 43.8 Å². The molecule has 4 nitrogen and oxygen atoms in total. The van der Waals surface area contributed by atoms with Crippen molar-refractivity contribution in [3.8, 4) is 0 Å². The van der Waals surface area contributed by atoms with Crippen molar-refractivity contribution in [2.45, 2.75) is 35.7 Å². The molecule has 0 amide bonds. The molecule has 4 aromatic carbocycles. The summed E-state index contributed by atoms with van der Waals surface area (Å²) in [6.07, 6.45) is 15.9. The average Bonchev–Trinajstić information content (AvgIpc) is 3.86. The average molecular weight is 859 g/mol. The van der Waals surface area contributed by atoms with Gasteiger partial charge in [-0.1, -0.05) is 107 Å². The van der Waals surface area contributed by atoms with Crippen molar-refractivity contribution in [1.29, 1.82) is 0 Å². The van der Waals surface area contributed by atoms with E-state index in [9.17, 15) is 0 Å². The van der Waals surface area contributed by atoms with Gasteiger partial charge in [0.05, 0.1) is 27.9 Å². The first kappa shape index (κ1) is 35.3. The third-order valence-electron chi connectivity index (χ3n) is 9.03. The first-order chi connectivity index (χ1) is 23.8. The van der Waals surface area contributed by atoms with Crippen molar-refractivity contribution in [3.05, 3.63) is 141 Å². The van der Waals surface area contributed by atoms with Crippen LogP contribution in [0.4, 0.5) is 11.4 Å². The van der Waals surface area contributed by atoms with Crippen LogP contribution in [0.5, 0.6) is 0 Å². The molecule has 0 saturated carbocycles. The summed E-state index contributed by atoms with van der Waals surface area (Å²) in [6, 6.07) is 35.3. The molecule has 0 fully saturated rings. The van der Waals surface area contributed by atoms with Crippen molar-refractivity contribution < 1.29 is 43.1 Å². The summed E-state index contributed by atoms with van der Waals surface area (Å²) < 4.78 is 7.69. The molecule has 3 aliphatic rings. The van der Waals surface area contributed by atoms with Crippen LogP contribution in [-0.4, -0.2) is 13.1 Å². The van der Waals surface area contributed by atoms with E-state index >= 15 is 0 Å². The molecule has 9 rings (SSSR count). The van der Waals surface area contributed by atoms with E-state index in [4.69, 9.17) is 0 Å². The van der Waals surface area contributed by atoms with Gasteiger partial charge in [-0.25, -0.2) is 0 Å². The van der Waals surface area contributed by atoms with E-state index < -0.39 is 0 Å². The Labute approximate surface area is 330 Å². The predicted molar refractivity (Wildman–Crippen MR) is 207 cm³/mol. The fourth-order valence-corrected chi connectivity index (χ4v) is 11.2. The van der Waals surface area contributed by atoms with Gasteiger partial charge in [-0.15, -0.1) is 0 Å². The molecule has 0 radical (unpaired) electrons. The maximum absolute atomic E-state index is 2.51. The molecule has 252 valence electrons. The number of halogens is 2. The number of para-hydroxylation sites is 4. The number of thiazole rings is 2. The van der Waals surface area contributed by atoms with Gasteiger partial charge in [0, 0.05) is 47.2 Å². The zero-order valence-corrected chi connectivity index (χ0v) is 33.6. The summed E-state index contributed by atoms with van der Waals surface area (Å²) in [4.78, 5) is 7.69. The number of hydrogen-bond acceptors (Lipinski definition) is 6. The van der Waals surface area contributed by atoms with Crippen LogP contribution in [0.25, 0.3) is 32.6 Å². The Morgan fingerprint density at radius 2 is 0.940 bits per heavy atom. The third kappa shape index (κ3) is 6.78. The lowest BCUT2D eigenvalue weighted by Crippen LogP contribution is -3.00. The summed E-state index contributed by atoms with van der Waals surface area (Å²) in [5, 5.41) is 5.16. The quantitative estimate of drug-likeness (QED) is 0.214. The summed E-state index contributed by atoms with van der Waals surface area (Å²) >= 11 is 7.52. The van der Waals surface area contributed by atoms with Crippen LogP contribution in [0.1, 0.15) is 22.9 Å². The SMILES string of the molecule is C1=C2\Sc3ccccc3N2CCCN2/C(=C/C=C/c3sc4ccccc4[n+]3CCC[n+]3c(sc4ccccc43)/C=C/1)Sc1ccccc12.[Br-].[Br-]. The van der Waals surface area contributed by atoms with Crippen LogP contribution in [0.2, 0.25) is 0 Å². The molecule has 0 saturated heterocycles. The van der Waals surface area contributed by atoms with Crippen molar-refractivity contribution in [1.82, 2.24) is 0 Å². The summed E-state index contributed by atoms with van der Waals surface area (Å²) in [5.74, 6) is 0. The van der Waals surface area contributed by atoms with E-state index in [1.54, 1.807) is 0 Å². The molecular weight excluding hydrogens is 825 g/mol.